The number of nitrogens with two attached hydrogens (primary N) is 3. The number of aliphatic imine (C=N–C) groups is 1. The molecule has 146 valence electrons. The molecule has 13 nitrogen and oxygen atoms in total. The Morgan fingerprint density at radius 1 is 1.12 bits per heavy atom. The Balaban J connectivity index is 5.28. The monoisotopic (exact) mass is 384 g/mol. The second kappa shape index (κ2) is 11.0. The fourth-order valence-electron chi connectivity index (χ4n) is 1.91. The highest BCUT2D eigenvalue weighted by atomic mass is 31.2. The van der Waals surface area contributed by atoms with Gasteiger partial charge in [-0.3, -0.25) is 14.6 Å². The summed E-state index contributed by atoms with van der Waals surface area (Å²) in [6, 6.07) is -3.09. The van der Waals surface area contributed by atoms with Crippen LogP contribution in [0.4, 0.5) is 0 Å². The fraction of sp³-hybridized carbons (Fsp3) is 0.727. The highest BCUT2D eigenvalue weighted by Crippen LogP contribution is 2.41. The molecule has 0 saturated carbocycles. The van der Waals surface area contributed by atoms with Gasteiger partial charge in [0.1, 0.15) is 12.1 Å². The number of hydrogen-bond acceptors (Lipinski definition) is 6. The zero-order valence-corrected chi connectivity index (χ0v) is 14.4. The molecule has 0 fully saturated rings. The van der Waals surface area contributed by atoms with E-state index in [4.69, 9.17) is 22.3 Å². The van der Waals surface area contributed by atoms with Crippen molar-refractivity contribution in [3.05, 3.63) is 0 Å². The van der Waals surface area contributed by atoms with Crippen LogP contribution in [-0.2, 0) is 14.2 Å². The quantitative estimate of drug-likeness (QED) is 0.0544. The van der Waals surface area contributed by atoms with Gasteiger partial charge in [-0.1, -0.05) is 0 Å². The number of rotatable bonds is 13. The van der Waals surface area contributed by atoms with Gasteiger partial charge < -0.3 is 37.2 Å². The normalized spacial score (nSPS) is 14.1. The van der Waals surface area contributed by atoms with Gasteiger partial charge in [0.15, 0.2) is 5.96 Å². The SMILES string of the molecule is NCCC[C@H](NN([C@@H](CCCN=C(N)N)C(=O)O)P(=O)(O)O)C(=O)O. The first kappa shape index (κ1) is 23.2. The molecule has 0 amide bonds. The minimum Gasteiger partial charge on any atom is -0.480 e. The van der Waals surface area contributed by atoms with Gasteiger partial charge in [-0.05, 0) is 32.2 Å². The number of carboxylic acid groups (broad SMARTS) is 2. The molecule has 0 aromatic carbocycles. The number of carboxylic acids is 2. The number of nitrogens with one attached hydrogen (secondary N) is 1. The van der Waals surface area contributed by atoms with E-state index in [1.807, 2.05) is 0 Å². The van der Waals surface area contributed by atoms with Crippen molar-refractivity contribution in [1.29, 1.82) is 0 Å². The van der Waals surface area contributed by atoms with Crippen LogP contribution in [0.2, 0.25) is 0 Å². The number of nitrogens with zero attached hydrogens (tertiary/aromatic N) is 2. The van der Waals surface area contributed by atoms with E-state index in [0.717, 1.165) is 0 Å². The largest absolute Gasteiger partial charge is 0.480 e. The van der Waals surface area contributed by atoms with Crippen LogP contribution >= 0.6 is 7.75 Å². The Labute approximate surface area is 144 Å². The topological polar surface area (TPSA) is 238 Å². The van der Waals surface area contributed by atoms with Gasteiger partial charge in [-0.15, -0.1) is 4.78 Å². The zero-order valence-electron chi connectivity index (χ0n) is 13.5. The molecule has 25 heavy (non-hydrogen) atoms. The molecule has 14 heteroatoms. The first-order valence-electron chi connectivity index (χ1n) is 7.33. The van der Waals surface area contributed by atoms with Crippen molar-refractivity contribution in [3.8, 4) is 0 Å². The first-order chi connectivity index (χ1) is 11.5. The van der Waals surface area contributed by atoms with Crippen molar-refractivity contribution >= 4 is 25.6 Å². The maximum Gasteiger partial charge on any atom is 0.417 e. The Bertz CT molecular complexity index is 521. The summed E-state index contributed by atoms with van der Waals surface area (Å²) in [6.07, 6.45) is 0.102. The summed E-state index contributed by atoms with van der Waals surface area (Å²) in [6.45, 7) is 0.221. The number of hydrogen-bond donors (Lipinski definition) is 8. The van der Waals surface area contributed by atoms with Gasteiger partial charge in [0.05, 0.1) is 0 Å². The van der Waals surface area contributed by atoms with Crippen LogP contribution in [0.3, 0.4) is 0 Å². The molecule has 0 saturated heterocycles. The van der Waals surface area contributed by atoms with Crippen LogP contribution in [0.15, 0.2) is 4.99 Å². The third-order valence-electron chi connectivity index (χ3n) is 3.07. The van der Waals surface area contributed by atoms with Crippen molar-refractivity contribution in [2.24, 2.45) is 22.2 Å². The van der Waals surface area contributed by atoms with Crippen molar-refractivity contribution in [2.75, 3.05) is 13.1 Å². The average molecular weight is 384 g/mol. The highest BCUT2D eigenvalue weighted by molar-refractivity contribution is 7.49. The van der Waals surface area contributed by atoms with Gasteiger partial charge in [0.25, 0.3) is 0 Å². The molecule has 0 aromatic heterocycles. The molecular formula is C11H25N6O7P. The molecule has 0 aromatic rings. The summed E-state index contributed by atoms with van der Waals surface area (Å²) in [5.41, 5.74) is 17.7. The van der Waals surface area contributed by atoms with E-state index < -0.39 is 31.8 Å². The van der Waals surface area contributed by atoms with Crippen molar-refractivity contribution in [2.45, 2.75) is 37.8 Å². The molecule has 0 rings (SSSR count). The molecular weight excluding hydrogens is 359 g/mol. The Morgan fingerprint density at radius 3 is 2.12 bits per heavy atom. The van der Waals surface area contributed by atoms with E-state index in [9.17, 15) is 29.0 Å². The average Bonchev–Trinajstić information content (AvgIpc) is 2.46. The van der Waals surface area contributed by atoms with E-state index in [-0.39, 0.29) is 49.5 Å². The smallest absolute Gasteiger partial charge is 0.417 e. The van der Waals surface area contributed by atoms with Crippen LogP contribution in [0.1, 0.15) is 25.7 Å². The molecule has 0 spiro atoms. The molecule has 0 aliphatic rings. The number of guanidine groups is 1. The van der Waals surface area contributed by atoms with E-state index in [2.05, 4.69) is 10.4 Å². The van der Waals surface area contributed by atoms with Crippen LogP contribution < -0.4 is 22.6 Å². The standard InChI is InChI=1S/C11H25N6O7P/c12-5-1-3-7(9(18)19)16-17(25(22,23)24)8(10(20)21)4-2-6-15-11(13)14/h7-8,16H,1-6,12H2,(H,18,19)(H,20,21)(H4,13,14,15)(H2,22,23,24)/t7-,8-/m0/s1. The fourth-order valence-corrected chi connectivity index (χ4v) is 2.78. The number of hydrazine groups is 1. The predicted molar refractivity (Wildman–Crippen MR) is 88.1 cm³/mol. The molecule has 2 atom stereocenters. The summed E-state index contributed by atoms with van der Waals surface area (Å²) in [5, 5.41) is 18.4. The Morgan fingerprint density at radius 2 is 1.72 bits per heavy atom. The number of aliphatic carboxylic acids is 2. The molecule has 0 unspecified atom stereocenters. The number of carbonyl (C=O) groups is 2. The summed E-state index contributed by atoms with van der Waals surface area (Å²) in [5.74, 6) is -3.13. The van der Waals surface area contributed by atoms with Gasteiger partial charge in [-0.25, -0.2) is 9.99 Å². The van der Waals surface area contributed by atoms with Crippen LogP contribution in [0, 0.1) is 0 Å². The molecule has 0 bridgehead atoms. The molecule has 0 heterocycles. The lowest BCUT2D eigenvalue weighted by Crippen LogP contribution is -2.53. The van der Waals surface area contributed by atoms with Gasteiger partial charge in [0.2, 0.25) is 0 Å². The van der Waals surface area contributed by atoms with Crippen LogP contribution in [0.5, 0.6) is 0 Å². The van der Waals surface area contributed by atoms with Crippen LogP contribution in [-0.4, -0.2) is 67.9 Å². The van der Waals surface area contributed by atoms with E-state index >= 15 is 0 Å². The molecule has 0 aliphatic heterocycles. The maximum atomic E-state index is 11.7. The molecule has 0 aliphatic carbocycles. The van der Waals surface area contributed by atoms with Crippen LogP contribution in [0.25, 0.3) is 0 Å². The lowest BCUT2D eigenvalue weighted by molar-refractivity contribution is -0.147. The van der Waals surface area contributed by atoms with Gasteiger partial charge >= 0.3 is 19.7 Å². The maximum absolute atomic E-state index is 11.7. The Kier molecular flexibility index (Phi) is 10.2. The summed E-state index contributed by atoms with van der Waals surface area (Å²) in [4.78, 5) is 45.1. The summed E-state index contributed by atoms with van der Waals surface area (Å²) in [7, 11) is -5.12. The van der Waals surface area contributed by atoms with Crippen molar-refractivity contribution in [3.63, 3.8) is 0 Å². The minimum atomic E-state index is -5.12. The zero-order chi connectivity index (χ0) is 19.6. The minimum absolute atomic E-state index is 0.0390. The van der Waals surface area contributed by atoms with E-state index in [0.29, 0.717) is 0 Å². The highest BCUT2D eigenvalue weighted by Gasteiger charge is 2.39. The lowest BCUT2D eigenvalue weighted by atomic mass is 10.1. The third kappa shape index (κ3) is 9.34. The lowest BCUT2D eigenvalue weighted by Gasteiger charge is -2.31. The summed E-state index contributed by atoms with van der Waals surface area (Å²) < 4.78 is 11.8. The molecule has 11 N–H and O–H groups in total. The Hall–Kier alpha value is -1.76. The van der Waals surface area contributed by atoms with Gasteiger partial charge in [0, 0.05) is 6.54 Å². The van der Waals surface area contributed by atoms with Crippen molar-refractivity contribution in [1.82, 2.24) is 10.2 Å². The van der Waals surface area contributed by atoms with E-state index in [1.165, 1.54) is 0 Å². The second-order valence-electron chi connectivity index (χ2n) is 5.11. The van der Waals surface area contributed by atoms with E-state index in [1.54, 1.807) is 0 Å². The predicted octanol–water partition coefficient (Wildman–Crippen LogP) is -2.42. The second-order valence-corrected chi connectivity index (χ2v) is 6.57. The van der Waals surface area contributed by atoms with Gasteiger partial charge in [-0.2, -0.15) is 0 Å². The third-order valence-corrected chi connectivity index (χ3v) is 4.03. The summed E-state index contributed by atoms with van der Waals surface area (Å²) >= 11 is 0. The first-order valence-corrected chi connectivity index (χ1v) is 8.89. The van der Waals surface area contributed by atoms with Crippen molar-refractivity contribution < 1.29 is 34.2 Å². The molecule has 0 radical (unpaired) electrons.